The topological polar surface area (TPSA) is 136 Å². The molecule has 5 aromatic rings. The van der Waals surface area contributed by atoms with E-state index < -0.39 is 17.4 Å². The number of hydrogen-bond acceptors (Lipinski definition) is 8. The number of aliphatic hydroxyl groups excluding tert-OH is 1. The molecule has 11 heteroatoms. The molecule has 0 bridgehead atoms. The first kappa shape index (κ1) is 29.9. The molecule has 0 saturated heterocycles. The van der Waals surface area contributed by atoms with Crippen molar-refractivity contribution in [2.75, 3.05) is 18.6 Å². The summed E-state index contributed by atoms with van der Waals surface area (Å²) >= 11 is 0. The summed E-state index contributed by atoms with van der Waals surface area (Å²) < 4.78 is 8.50. The molecule has 1 aliphatic rings. The maximum absolute atomic E-state index is 14.0. The monoisotopic (exact) mass is 606 g/mol. The van der Waals surface area contributed by atoms with E-state index in [1.165, 1.54) is 4.68 Å². The molecule has 0 radical (unpaired) electrons. The van der Waals surface area contributed by atoms with Gasteiger partial charge in [-0.3, -0.25) is 14.3 Å². The van der Waals surface area contributed by atoms with Gasteiger partial charge in [-0.2, -0.15) is 9.78 Å². The molecule has 2 aromatic heterocycles. The molecule has 3 aromatic carbocycles. The number of hydrogen-bond donors (Lipinski definition) is 2. The Labute approximate surface area is 259 Å². The maximum atomic E-state index is 14.0. The first-order valence-corrected chi connectivity index (χ1v) is 14.8. The first-order valence-electron chi connectivity index (χ1n) is 14.8. The third kappa shape index (κ3) is 5.63. The molecule has 0 spiro atoms. The van der Waals surface area contributed by atoms with Crippen LogP contribution in [0.5, 0.6) is 5.75 Å². The standard InChI is InChI=1S/C34H34N6O5/c1-23(7-5-6-17-38-22-26(16-18-41)36-37-38)34(44)30-19-28(45-2)14-15-31(30)39(33(34)43)21-24-10-12-27(13-11-24)40-32(42)29-9-4-3-8-25(29)20-35-40/h3-5,7-15,19-20,22-23,41,44H,6,16-18,21H2,1-2H3/b7-5+/t23-,34+/m0/s1. The number of nitrogens with zero attached hydrogens (tertiary/aromatic N) is 6. The molecule has 1 aliphatic heterocycles. The largest absolute Gasteiger partial charge is 0.497 e. The average molecular weight is 607 g/mol. The summed E-state index contributed by atoms with van der Waals surface area (Å²) in [5.74, 6) is -0.431. The Bertz CT molecular complexity index is 1930. The van der Waals surface area contributed by atoms with Gasteiger partial charge in [-0.05, 0) is 48.4 Å². The van der Waals surface area contributed by atoms with Crippen molar-refractivity contribution in [1.29, 1.82) is 0 Å². The SMILES string of the molecule is COc1ccc2c(c1)[C@](O)([C@@H](C)/C=C/CCn1cc(CCO)nn1)C(=O)N2Cc1ccc(-n2ncc3ccccc3c2=O)cc1. The molecule has 2 N–H and O–H groups in total. The predicted octanol–water partition coefficient (Wildman–Crippen LogP) is 3.54. The van der Waals surface area contributed by atoms with Crippen molar-refractivity contribution in [2.24, 2.45) is 5.92 Å². The highest BCUT2D eigenvalue weighted by Gasteiger charge is 2.52. The van der Waals surface area contributed by atoms with Crippen molar-refractivity contribution in [3.8, 4) is 11.4 Å². The summed E-state index contributed by atoms with van der Waals surface area (Å²) in [4.78, 5) is 28.6. The van der Waals surface area contributed by atoms with Crippen molar-refractivity contribution in [3.63, 3.8) is 0 Å². The van der Waals surface area contributed by atoms with E-state index in [1.807, 2.05) is 49.4 Å². The molecule has 0 aliphatic carbocycles. The van der Waals surface area contributed by atoms with Crippen LogP contribution >= 0.6 is 0 Å². The number of aryl methyl sites for hydroxylation is 1. The van der Waals surface area contributed by atoms with E-state index >= 15 is 0 Å². The Hall–Kier alpha value is -5.13. The van der Waals surface area contributed by atoms with Crippen LogP contribution in [-0.2, 0) is 29.9 Å². The van der Waals surface area contributed by atoms with Crippen LogP contribution in [0.3, 0.4) is 0 Å². The van der Waals surface area contributed by atoms with Crippen molar-refractivity contribution in [3.05, 3.63) is 118 Å². The Morgan fingerprint density at radius 1 is 1.07 bits per heavy atom. The fourth-order valence-electron chi connectivity index (χ4n) is 5.73. The zero-order chi connectivity index (χ0) is 31.6. The minimum Gasteiger partial charge on any atom is -0.497 e. The van der Waals surface area contributed by atoms with Gasteiger partial charge < -0.3 is 19.8 Å². The number of anilines is 1. The van der Waals surface area contributed by atoms with E-state index in [-0.39, 0.29) is 18.7 Å². The van der Waals surface area contributed by atoms with Gasteiger partial charge in [0.1, 0.15) is 5.75 Å². The predicted molar refractivity (Wildman–Crippen MR) is 169 cm³/mol. The highest BCUT2D eigenvalue weighted by atomic mass is 16.5. The minimum absolute atomic E-state index is 0.0153. The summed E-state index contributed by atoms with van der Waals surface area (Å²) in [6.45, 7) is 2.63. The van der Waals surface area contributed by atoms with Gasteiger partial charge in [-0.25, -0.2) is 0 Å². The minimum atomic E-state index is -1.80. The molecule has 11 nitrogen and oxygen atoms in total. The number of amides is 1. The zero-order valence-electron chi connectivity index (χ0n) is 25.1. The van der Waals surface area contributed by atoms with E-state index in [4.69, 9.17) is 9.84 Å². The molecule has 1 amide bonds. The quantitative estimate of drug-likeness (QED) is 0.218. The number of allylic oxidation sites excluding steroid dienone is 1. The fraction of sp³-hybridized carbons (Fsp3) is 0.265. The molecule has 0 saturated carbocycles. The van der Waals surface area contributed by atoms with Crippen molar-refractivity contribution in [2.45, 2.75) is 38.5 Å². The van der Waals surface area contributed by atoms with Gasteiger partial charge in [0.25, 0.3) is 11.5 Å². The average Bonchev–Trinajstić information content (AvgIpc) is 3.60. The number of fused-ring (bicyclic) bond motifs is 2. The molecular weight excluding hydrogens is 572 g/mol. The number of aromatic nitrogens is 5. The zero-order valence-corrected chi connectivity index (χ0v) is 25.1. The Morgan fingerprint density at radius 3 is 2.64 bits per heavy atom. The van der Waals surface area contributed by atoms with E-state index in [9.17, 15) is 14.7 Å². The van der Waals surface area contributed by atoms with Crippen LogP contribution in [-0.4, -0.2) is 54.6 Å². The molecule has 0 unspecified atom stereocenters. The van der Waals surface area contributed by atoms with E-state index in [2.05, 4.69) is 15.4 Å². The fourth-order valence-corrected chi connectivity index (χ4v) is 5.73. The second-order valence-electron chi connectivity index (χ2n) is 11.1. The number of aliphatic hydroxyl groups is 2. The summed E-state index contributed by atoms with van der Waals surface area (Å²) in [5.41, 5.74) is 1.24. The summed E-state index contributed by atoms with van der Waals surface area (Å²) in [7, 11) is 1.55. The first-order chi connectivity index (χ1) is 21.8. The maximum Gasteiger partial charge on any atom is 0.279 e. The number of rotatable bonds is 11. The Morgan fingerprint density at radius 2 is 1.87 bits per heavy atom. The molecule has 2 atom stereocenters. The highest BCUT2D eigenvalue weighted by Crippen LogP contribution is 2.47. The molecule has 0 fully saturated rings. The number of benzene rings is 3. The van der Waals surface area contributed by atoms with Gasteiger partial charge in [0, 0.05) is 42.6 Å². The van der Waals surface area contributed by atoms with Crippen LogP contribution in [0.1, 0.15) is 30.2 Å². The highest BCUT2D eigenvalue weighted by molar-refractivity contribution is 6.07. The van der Waals surface area contributed by atoms with Gasteiger partial charge in [0.05, 0.1) is 42.3 Å². The van der Waals surface area contributed by atoms with Crippen LogP contribution in [0.15, 0.2) is 96.1 Å². The molecule has 230 valence electrons. The van der Waals surface area contributed by atoms with Crippen LogP contribution in [0.25, 0.3) is 16.5 Å². The summed E-state index contributed by atoms with van der Waals surface area (Å²) in [5, 5.41) is 34.9. The lowest BCUT2D eigenvalue weighted by atomic mass is 9.83. The number of ether oxygens (including phenoxy) is 1. The van der Waals surface area contributed by atoms with Crippen LogP contribution in [0.4, 0.5) is 5.69 Å². The summed E-state index contributed by atoms with van der Waals surface area (Å²) in [6.07, 6.45) is 8.30. The third-order valence-electron chi connectivity index (χ3n) is 8.26. The van der Waals surface area contributed by atoms with Gasteiger partial charge in [-0.1, -0.05) is 54.6 Å². The van der Waals surface area contributed by atoms with E-state index in [1.54, 1.807) is 65.5 Å². The van der Waals surface area contributed by atoms with Gasteiger partial charge >= 0.3 is 0 Å². The lowest BCUT2D eigenvalue weighted by Gasteiger charge is -2.28. The van der Waals surface area contributed by atoms with E-state index in [0.29, 0.717) is 47.5 Å². The number of carbonyl (C=O) groups is 1. The third-order valence-corrected chi connectivity index (χ3v) is 8.26. The molecular formula is C34H34N6O5. The van der Waals surface area contributed by atoms with E-state index in [0.717, 1.165) is 16.6 Å². The second-order valence-corrected chi connectivity index (χ2v) is 11.1. The van der Waals surface area contributed by atoms with Crippen LogP contribution in [0.2, 0.25) is 0 Å². The molecule has 3 heterocycles. The molecule has 6 rings (SSSR count). The lowest BCUT2D eigenvalue weighted by Crippen LogP contribution is -2.44. The number of methoxy groups -OCH3 is 1. The van der Waals surface area contributed by atoms with Gasteiger partial charge in [-0.15, -0.1) is 5.10 Å². The van der Waals surface area contributed by atoms with Crippen LogP contribution < -0.4 is 15.2 Å². The normalized spacial score (nSPS) is 16.9. The van der Waals surface area contributed by atoms with Crippen molar-refractivity contribution in [1.82, 2.24) is 24.8 Å². The van der Waals surface area contributed by atoms with Crippen LogP contribution in [0, 0.1) is 5.92 Å². The second kappa shape index (κ2) is 12.5. The summed E-state index contributed by atoms with van der Waals surface area (Å²) in [6, 6.07) is 19.9. The van der Waals surface area contributed by atoms with Gasteiger partial charge in [0.15, 0.2) is 5.60 Å². The van der Waals surface area contributed by atoms with Crippen molar-refractivity contribution >= 4 is 22.4 Å². The lowest BCUT2D eigenvalue weighted by molar-refractivity contribution is -0.139. The Kier molecular flexibility index (Phi) is 8.29. The number of carbonyl (C=O) groups excluding carboxylic acids is 1. The van der Waals surface area contributed by atoms with Gasteiger partial charge in [0.2, 0.25) is 0 Å². The van der Waals surface area contributed by atoms with Crippen molar-refractivity contribution < 1.29 is 19.7 Å². The molecule has 45 heavy (non-hydrogen) atoms. The Balaban J connectivity index is 1.22. The smallest absolute Gasteiger partial charge is 0.279 e.